The first-order valence-corrected chi connectivity index (χ1v) is 7.55. The molecule has 0 amide bonds. The second-order valence-electron chi connectivity index (χ2n) is 4.42. The second-order valence-corrected chi connectivity index (χ2v) is 5.28. The van der Waals surface area contributed by atoms with Crippen LogP contribution < -0.4 is 5.43 Å². The maximum atomic E-state index is 11.6. The number of carbonyl (C=O) groups excluding carboxylic acids is 1. The number of hydrazone groups is 1. The van der Waals surface area contributed by atoms with Gasteiger partial charge >= 0.3 is 5.97 Å². The van der Waals surface area contributed by atoms with Crippen LogP contribution in [0.4, 0.5) is 5.13 Å². The van der Waals surface area contributed by atoms with E-state index in [0.29, 0.717) is 12.2 Å². The van der Waals surface area contributed by atoms with Crippen molar-refractivity contribution < 1.29 is 9.53 Å². The van der Waals surface area contributed by atoms with Gasteiger partial charge in [-0.1, -0.05) is 19.1 Å². The number of nitrogens with one attached hydrogen (secondary N) is 1. The summed E-state index contributed by atoms with van der Waals surface area (Å²) in [7, 11) is 0. The molecule has 1 aromatic heterocycles. The molecule has 0 unspecified atom stereocenters. The number of aromatic nitrogens is 1. The van der Waals surface area contributed by atoms with E-state index in [1.165, 1.54) is 11.3 Å². The van der Waals surface area contributed by atoms with Gasteiger partial charge in [0.2, 0.25) is 5.13 Å². The van der Waals surface area contributed by atoms with Crippen molar-refractivity contribution in [2.75, 3.05) is 12.0 Å². The third kappa shape index (κ3) is 4.68. The number of anilines is 1. The summed E-state index contributed by atoms with van der Waals surface area (Å²) < 4.78 is 5.07. The number of rotatable bonds is 6. The first-order chi connectivity index (χ1) is 10.2. The standard InChI is InChI=1S/C15H17N3O2S/c1-3-8-20-14(19)13-6-4-12(5-7-13)9-16-18-15-17-11(2)10-21-15/h4-7,9-10H,3,8H2,1-2H3,(H,17,18)/b16-9+. The van der Waals surface area contributed by atoms with Crippen LogP contribution in [0, 0.1) is 6.92 Å². The van der Waals surface area contributed by atoms with E-state index in [0.717, 1.165) is 22.8 Å². The Morgan fingerprint density at radius 1 is 1.43 bits per heavy atom. The van der Waals surface area contributed by atoms with Crippen molar-refractivity contribution in [2.24, 2.45) is 5.10 Å². The molecule has 21 heavy (non-hydrogen) atoms. The van der Waals surface area contributed by atoms with Crippen LogP contribution in [0.5, 0.6) is 0 Å². The van der Waals surface area contributed by atoms with Crippen LogP contribution in [0.25, 0.3) is 0 Å². The minimum absolute atomic E-state index is 0.295. The number of ether oxygens (including phenoxy) is 1. The molecule has 5 nitrogen and oxygen atoms in total. The lowest BCUT2D eigenvalue weighted by Crippen LogP contribution is -2.05. The minimum Gasteiger partial charge on any atom is -0.462 e. The Kier molecular flexibility index (Phi) is 5.45. The third-order valence-electron chi connectivity index (χ3n) is 2.58. The molecule has 0 spiro atoms. The van der Waals surface area contributed by atoms with Gasteiger partial charge in [-0.05, 0) is 31.0 Å². The molecule has 0 aliphatic rings. The number of thiazole rings is 1. The highest BCUT2D eigenvalue weighted by molar-refractivity contribution is 7.13. The van der Waals surface area contributed by atoms with E-state index in [1.807, 2.05) is 31.4 Å². The zero-order valence-electron chi connectivity index (χ0n) is 12.0. The Bertz CT molecular complexity index is 620. The van der Waals surface area contributed by atoms with Gasteiger partial charge in [0, 0.05) is 5.38 Å². The van der Waals surface area contributed by atoms with E-state index in [4.69, 9.17) is 4.74 Å². The number of aryl methyl sites for hydroxylation is 1. The molecular weight excluding hydrogens is 286 g/mol. The predicted octanol–water partition coefficient (Wildman–Crippen LogP) is 3.46. The Hall–Kier alpha value is -2.21. The Morgan fingerprint density at radius 3 is 2.81 bits per heavy atom. The Morgan fingerprint density at radius 2 is 2.19 bits per heavy atom. The van der Waals surface area contributed by atoms with Crippen molar-refractivity contribution >= 4 is 28.7 Å². The van der Waals surface area contributed by atoms with Gasteiger partial charge in [-0.15, -0.1) is 11.3 Å². The zero-order valence-corrected chi connectivity index (χ0v) is 12.8. The van der Waals surface area contributed by atoms with Gasteiger partial charge in [0.25, 0.3) is 0 Å². The molecule has 0 saturated carbocycles. The highest BCUT2D eigenvalue weighted by Crippen LogP contribution is 2.14. The molecule has 110 valence electrons. The molecule has 1 N–H and O–H groups in total. The number of hydrogen-bond acceptors (Lipinski definition) is 6. The van der Waals surface area contributed by atoms with Crippen molar-refractivity contribution in [1.29, 1.82) is 0 Å². The van der Waals surface area contributed by atoms with E-state index >= 15 is 0 Å². The van der Waals surface area contributed by atoms with Crippen LogP contribution in [-0.2, 0) is 4.74 Å². The summed E-state index contributed by atoms with van der Waals surface area (Å²) in [4.78, 5) is 15.9. The fourth-order valence-electron chi connectivity index (χ4n) is 1.55. The van der Waals surface area contributed by atoms with Crippen LogP contribution in [-0.4, -0.2) is 23.8 Å². The summed E-state index contributed by atoms with van der Waals surface area (Å²) in [5.74, 6) is -0.295. The van der Waals surface area contributed by atoms with Crippen LogP contribution in [0.15, 0.2) is 34.7 Å². The molecule has 0 atom stereocenters. The monoisotopic (exact) mass is 303 g/mol. The molecule has 1 heterocycles. The number of nitrogens with zero attached hydrogens (tertiary/aromatic N) is 2. The smallest absolute Gasteiger partial charge is 0.338 e. The Labute approximate surface area is 127 Å². The van der Waals surface area contributed by atoms with Gasteiger partial charge in [-0.25, -0.2) is 9.78 Å². The molecule has 0 radical (unpaired) electrons. The lowest BCUT2D eigenvalue weighted by Gasteiger charge is -2.02. The average Bonchev–Trinajstić information content (AvgIpc) is 2.91. The quantitative estimate of drug-likeness (QED) is 0.504. The zero-order chi connectivity index (χ0) is 15.1. The molecule has 0 aliphatic heterocycles. The molecule has 2 rings (SSSR count). The van der Waals surface area contributed by atoms with E-state index in [1.54, 1.807) is 18.3 Å². The van der Waals surface area contributed by atoms with E-state index < -0.39 is 0 Å². The summed E-state index contributed by atoms with van der Waals surface area (Å²) in [6.07, 6.45) is 2.50. The van der Waals surface area contributed by atoms with Gasteiger partial charge in [0.05, 0.1) is 24.1 Å². The first-order valence-electron chi connectivity index (χ1n) is 6.67. The fourth-order valence-corrected chi connectivity index (χ4v) is 2.19. The SMILES string of the molecule is CCCOC(=O)c1ccc(/C=N/Nc2nc(C)cs2)cc1. The van der Waals surface area contributed by atoms with E-state index in [2.05, 4.69) is 15.5 Å². The van der Waals surface area contributed by atoms with Crippen molar-refractivity contribution in [3.05, 3.63) is 46.5 Å². The molecule has 6 heteroatoms. The second kappa shape index (κ2) is 7.54. The highest BCUT2D eigenvalue weighted by atomic mass is 32.1. The van der Waals surface area contributed by atoms with Crippen LogP contribution >= 0.6 is 11.3 Å². The third-order valence-corrected chi connectivity index (χ3v) is 3.44. The van der Waals surface area contributed by atoms with Gasteiger partial charge in [0.1, 0.15) is 0 Å². The molecule has 0 bridgehead atoms. The van der Waals surface area contributed by atoms with Crippen molar-refractivity contribution in [3.8, 4) is 0 Å². The highest BCUT2D eigenvalue weighted by Gasteiger charge is 2.05. The number of benzene rings is 1. The van der Waals surface area contributed by atoms with Crippen molar-refractivity contribution in [2.45, 2.75) is 20.3 Å². The normalized spacial score (nSPS) is 10.8. The van der Waals surface area contributed by atoms with Gasteiger partial charge in [0.15, 0.2) is 0 Å². The fraction of sp³-hybridized carbons (Fsp3) is 0.267. The summed E-state index contributed by atoms with van der Waals surface area (Å²) in [5.41, 5.74) is 5.27. The van der Waals surface area contributed by atoms with Crippen LogP contribution in [0.2, 0.25) is 0 Å². The lowest BCUT2D eigenvalue weighted by atomic mass is 10.1. The molecule has 0 aliphatic carbocycles. The van der Waals surface area contributed by atoms with E-state index in [9.17, 15) is 4.79 Å². The molecule has 0 saturated heterocycles. The topological polar surface area (TPSA) is 63.6 Å². The largest absolute Gasteiger partial charge is 0.462 e. The van der Waals surface area contributed by atoms with Crippen LogP contribution in [0.1, 0.15) is 35.0 Å². The lowest BCUT2D eigenvalue weighted by molar-refractivity contribution is 0.0505. The van der Waals surface area contributed by atoms with Gasteiger partial charge in [-0.2, -0.15) is 5.10 Å². The summed E-state index contributed by atoms with van der Waals surface area (Å²) in [6, 6.07) is 7.10. The number of esters is 1. The van der Waals surface area contributed by atoms with Gasteiger partial charge in [-0.3, -0.25) is 5.43 Å². The maximum Gasteiger partial charge on any atom is 0.338 e. The van der Waals surface area contributed by atoms with Gasteiger partial charge < -0.3 is 4.74 Å². The molecular formula is C15H17N3O2S. The number of carbonyl (C=O) groups is 1. The predicted molar refractivity (Wildman–Crippen MR) is 85.1 cm³/mol. The molecule has 1 aromatic carbocycles. The first kappa shape index (κ1) is 15.2. The van der Waals surface area contributed by atoms with Crippen molar-refractivity contribution in [1.82, 2.24) is 4.98 Å². The van der Waals surface area contributed by atoms with Crippen molar-refractivity contribution in [3.63, 3.8) is 0 Å². The van der Waals surface area contributed by atoms with Crippen LogP contribution in [0.3, 0.4) is 0 Å². The molecule has 0 fully saturated rings. The summed E-state index contributed by atoms with van der Waals surface area (Å²) in [5, 5.41) is 6.81. The maximum absolute atomic E-state index is 11.6. The average molecular weight is 303 g/mol. The minimum atomic E-state index is -0.295. The Balaban J connectivity index is 1.91. The molecule has 2 aromatic rings. The summed E-state index contributed by atoms with van der Waals surface area (Å²) >= 11 is 1.50. The van der Waals surface area contributed by atoms with E-state index in [-0.39, 0.29) is 5.97 Å². The summed E-state index contributed by atoms with van der Waals surface area (Å²) in [6.45, 7) is 4.34. The number of hydrogen-bond donors (Lipinski definition) is 1.